The second kappa shape index (κ2) is 11.8. The molecule has 3 aliphatic rings. The Morgan fingerprint density at radius 2 is 1.55 bits per heavy atom. The number of thiol groups is 1. The van der Waals surface area contributed by atoms with E-state index >= 15 is 0 Å². The lowest BCUT2D eigenvalue weighted by Gasteiger charge is -2.12. The van der Waals surface area contributed by atoms with E-state index in [1.165, 1.54) is 11.8 Å². The van der Waals surface area contributed by atoms with Crippen LogP contribution in [0.1, 0.15) is 78.6 Å². The van der Waals surface area contributed by atoms with Gasteiger partial charge in [-0.05, 0) is 93.1 Å². The van der Waals surface area contributed by atoms with Crippen LogP contribution in [0.4, 0.5) is 0 Å². The molecule has 3 aliphatic heterocycles. The Hall–Kier alpha value is -3.99. The van der Waals surface area contributed by atoms with Gasteiger partial charge in [-0.1, -0.05) is 12.7 Å². The summed E-state index contributed by atoms with van der Waals surface area (Å²) < 4.78 is -0.209. The van der Waals surface area contributed by atoms with Crippen molar-refractivity contribution in [2.45, 2.75) is 89.2 Å². The molecule has 1 unspecified atom stereocenters. The number of carboxylic acid groups (broad SMARTS) is 2. The van der Waals surface area contributed by atoms with E-state index in [4.69, 9.17) is 0 Å². The summed E-state index contributed by atoms with van der Waals surface area (Å²) in [4.78, 5) is 55.3. The van der Waals surface area contributed by atoms with Gasteiger partial charge in [-0.3, -0.25) is 19.2 Å². The number of aromatic nitrogens is 2. The molecule has 5 rings (SSSR count). The van der Waals surface area contributed by atoms with Crippen LogP contribution in [0.5, 0.6) is 0 Å². The molecule has 0 radical (unpaired) electrons. The summed E-state index contributed by atoms with van der Waals surface area (Å²) in [6.45, 7) is 13.7. The van der Waals surface area contributed by atoms with Gasteiger partial charge in [-0.25, -0.2) is 0 Å². The summed E-state index contributed by atoms with van der Waals surface area (Å²) in [5, 5.41) is 25.4. The first-order valence-electron chi connectivity index (χ1n) is 15.0. The quantitative estimate of drug-likeness (QED) is 0.121. The van der Waals surface area contributed by atoms with Gasteiger partial charge in [0.25, 0.3) is 5.91 Å². The molecule has 5 heterocycles. The van der Waals surface area contributed by atoms with Crippen molar-refractivity contribution in [1.29, 1.82) is 0 Å². The van der Waals surface area contributed by atoms with E-state index in [-0.39, 0.29) is 41.4 Å². The van der Waals surface area contributed by atoms with Crippen LogP contribution >= 0.6 is 0 Å². The van der Waals surface area contributed by atoms with Gasteiger partial charge < -0.3 is 30.8 Å². The molecule has 234 valence electrons. The van der Waals surface area contributed by atoms with E-state index in [2.05, 4.69) is 34.1 Å². The van der Waals surface area contributed by atoms with Crippen molar-refractivity contribution < 1.29 is 29.4 Å². The van der Waals surface area contributed by atoms with Crippen molar-refractivity contribution in [3.8, 4) is 0 Å². The van der Waals surface area contributed by atoms with Crippen molar-refractivity contribution in [3.63, 3.8) is 0 Å². The molecule has 2 amide bonds. The Labute approximate surface area is 260 Å². The first kappa shape index (κ1) is 31.4. The number of rotatable bonds is 12. The monoisotopic (exact) mass is 621 g/mol. The zero-order valence-corrected chi connectivity index (χ0v) is 26.7. The summed E-state index contributed by atoms with van der Waals surface area (Å²) >= 11 is 1.22. The number of amides is 2. The number of hydrogen-bond donors (Lipinski definition) is 6. The van der Waals surface area contributed by atoms with Crippen molar-refractivity contribution in [2.24, 2.45) is 5.92 Å². The molecule has 0 bridgehead atoms. The van der Waals surface area contributed by atoms with Crippen molar-refractivity contribution >= 4 is 41.6 Å². The molecule has 1 spiro atoms. The predicted octanol–water partition coefficient (Wildman–Crippen LogP) is 3.19. The highest BCUT2D eigenvalue weighted by atomic mass is 32.2. The van der Waals surface area contributed by atoms with E-state index in [9.17, 15) is 29.4 Å². The highest BCUT2D eigenvalue weighted by Gasteiger charge is 2.75. The zero-order chi connectivity index (χ0) is 32.1. The fourth-order valence-electron chi connectivity index (χ4n) is 6.94. The normalized spacial score (nSPS) is 25.2. The highest BCUT2D eigenvalue weighted by molar-refractivity contribution is 7.89. The van der Waals surface area contributed by atoms with Gasteiger partial charge >= 0.3 is 11.9 Å². The molecular weight excluding hydrogens is 580 g/mol. The summed E-state index contributed by atoms with van der Waals surface area (Å²) in [6.07, 6.45) is 5.11. The molecule has 4 atom stereocenters. The second-order valence-corrected chi connectivity index (χ2v) is 14.0. The van der Waals surface area contributed by atoms with Crippen LogP contribution in [0, 0.1) is 19.8 Å². The zero-order valence-electron chi connectivity index (χ0n) is 25.8. The minimum absolute atomic E-state index is 0.0184. The Bertz CT molecular complexity index is 1650. The number of aromatic amines is 2. The first-order valence-corrected chi connectivity index (χ1v) is 16.0. The molecule has 2 saturated heterocycles. The molecule has 11 heteroatoms. The molecule has 6 N–H and O–H groups in total. The van der Waals surface area contributed by atoms with E-state index in [1.807, 2.05) is 33.8 Å². The number of aliphatic carboxylic acids is 2. The fourth-order valence-corrected chi connectivity index (χ4v) is 8.47. The Kier molecular flexibility index (Phi) is 8.45. The fraction of sp³-hybridized carbons (Fsp3) is 0.455. The number of nitrogens with one attached hydrogen (secondary N) is 4. The van der Waals surface area contributed by atoms with Crippen LogP contribution in [0.25, 0.3) is 6.08 Å². The maximum absolute atomic E-state index is 12.6. The lowest BCUT2D eigenvalue weighted by molar-refractivity contribution is -0.138. The summed E-state index contributed by atoms with van der Waals surface area (Å²) in [5.74, 6) is -2.03. The number of carbonyl (C=O) groups is 4. The Morgan fingerprint density at radius 3 is 2.09 bits per heavy atom. The molecule has 2 fully saturated rings. The molecule has 2 aromatic heterocycles. The molecule has 2 aromatic rings. The van der Waals surface area contributed by atoms with E-state index in [0.29, 0.717) is 36.5 Å². The van der Waals surface area contributed by atoms with Gasteiger partial charge in [0.15, 0.2) is 5.25 Å². The average Bonchev–Trinajstić information content (AvgIpc) is 3.13. The first-order chi connectivity index (χ1) is 20.8. The Morgan fingerprint density at radius 1 is 0.955 bits per heavy atom. The minimum atomic E-state index is -0.891. The van der Waals surface area contributed by atoms with Gasteiger partial charge in [-0.15, -0.1) is 0 Å². The van der Waals surface area contributed by atoms with Gasteiger partial charge in [0, 0.05) is 54.0 Å². The highest BCUT2D eigenvalue weighted by Crippen LogP contribution is 2.52. The standard InChI is InChI=1S/C33H40N4O6S/c1-7-20-15(2)24(36-32(20)43)12-23-16(3)21(8-10-29(38)39)26(34-23)13-27-22(9-11-30(40)41)17(4)25(35-27)14-28-33(19(6)44-33)18(5)31(42)37-28/h7,14,18-19,24,34-35H,1,8-13H2,2-6H3,(H,36,43)(H,37,42)(H,38,39)(H,40,41)/p+1/b28-14-/t18-,19?,24+,33-/m0/s1. The molecule has 0 aromatic carbocycles. The van der Waals surface area contributed by atoms with Crippen LogP contribution in [0.3, 0.4) is 0 Å². The van der Waals surface area contributed by atoms with Crippen LogP contribution in [0.2, 0.25) is 0 Å². The van der Waals surface area contributed by atoms with Gasteiger partial charge in [0.05, 0.1) is 17.7 Å². The van der Waals surface area contributed by atoms with Crippen LogP contribution in [0.15, 0.2) is 29.5 Å². The third-order valence-electron chi connectivity index (χ3n) is 9.73. The lowest BCUT2D eigenvalue weighted by Crippen LogP contribution is -2.30. The Balaban J connectivity index is 1.53. The van der Waals surface area contributed by atoms with Crippen LogP contribution in [-0.4, -0.2) is 60.0 Å². The van der Waals surface area contributed by atoms with Crippen molar-refractivity contribution in [1.82, 2.24) is 20.6 Å². The number of H-pyrrole nitrogens is 2. The average molecular weight is 622 g/mol. The van der Waals surface area contributed by atoms with Crippen LogP contribution < -0.4 is 10.6 Å². The van der Waals surface area contributed by atoms with Gasteiger partial charge in [0.1, 0.15) is 0 Å². The van der Waals surface area contributed by atoms with Crippen LogP contribution in [-0.2, 0) is 56.6 Å². The van der Waals surface area contributed by atoms with E-state index in [1.54, 1.807) is 6.08 Å². The molecule has 0 saturated carbocycles. The molecule has 44 heavy (non-hydrogen) atoms. The summed E-state index contributed by atoms with van der Waals surface area (Å²) in [5.41, 5.74) is 9.56. The van der Waals surface area contributed by atoms with Crippen molar-refractivity contribution in [3.05, 3.63) is 74.5 Å². The number of carboxylic acids is 2. The maximum Gasteiger partial charge on any atom is 0.303 e. The van der Waals surface area contributed by atoms with Gasteiger partial charge in [0.2, 0.25) is 10.7 Å². The summed E-state index contributed by atoms with van der Waals surface area (Å²) in [6, 6.07) is -0.203. The van der Waals surface area contributed by atoms with Crippen molar-refractivity contribution in [2.75, 3.05) is 0 Å². The molecule has 10 nitrogen and oxygen atoms in total. The number of hydrogen-bond acceptors (Lipinski definition) is 4. The van der Waals surface area contributed by atoms with Gasteiger partial charge in [-0.2, -0.15) is 0 Å². The SMILES string of the molecule is C=CC1=C(C)[C@@H](Cc2[nH]c(Cc3[nH]c(/C=C4\NC(=O)[C@H](C)[C@@]45[SH+]C5C)c(C)c3CCC(=O)O)c(CCC(=O)O)c2C)NC1=O. The molecule has 0 aliphatic carbocycles. The molecular formula is C33H41N4O6S+. The second-order valence-electron chi connectivity index (χ2n) is 12.2. The largest absolute Gasteiger partial charge is 0.481 e. The maximum atomic E-state index is 12.6. The van der Waals surface area contributed by atoms with E-state index < -0.39 is 11.9 Å². The van der Waals surface area contributed by atoms with E-state index in [0.717, 1.165) is 56.3 Å². The smallest absolute Gasteiger partial charge is 0.303 e. The predicted molar refractivity (Wildman–Crippen MR) is 171 cm³/mol. The summed E-state index contributed by atoms with van der Waals surface area (Å²) in [7, 11) is 0. The third-order valence-corrected chi connectivity index (χ3v) is 11.7. The lowest BCUT2D eigenvalue weighted by atomic mass is 9.91. The topological polar surface area (TPSA) is 164 Å². The minimum Gasteiger partial charge on any atom is -0.481 e. The third kappa shape index (κ3) is 5.53. The number of carbonyl (C=O) groups excluding carboxylic acids is 2.